The van der Waals surface area contributed by atoms with E-state index >= 15 is 0 Å². The summed E-state index contributed by atoms with van der Waals surface area (Å²) in [4.78, 5) is 18.2. The largest absolute Gasteiger partial charge is 0.337 e. The third kappa shape index (κ3) is 2.05. The average molecular weight is 231 g/mol. The summed E-state index contributed by atoms with van der Waals surface area (Å²) in [5.41, 5.74) is 0.749. The van der Waals surface area contributed by atoms with Gasteiger partial charge in [-0.15, -0.1) is 0 Å². The lowest BCUT2D eigenvalue weighted by Crippen LogP contribution is -2.41. The number of hydrogen-bond acceptors (Lipinski definition) is 3. The van der Waals surface area contributed by atoms with Crippen LogP contribution in [0.15, 0.2) is 24.5 Å². The normalized spacial score (nSPS) is 27.9. The molecule has 0 spiro atoms. The van der Waals surface area contributed by atoms with E-state index in [1.807, 2.05) is 4.90 Å². The minimum Gasteiger partial charge on any atom is -0.337 e. The van der Waals surface area contributed by atoms with Crippen molar-refractivity contribution >= 4 is 5.91 Å². The highest BCUT2D eigenvalue weighted by Gasteiger charge is 2.36. The molecule has 0 saturated carbocycles. The molecule has 2 unspecified atom stereocenters. The first kappa shape index (κ1) is 10.7. The van der Waals surface area contributed by atoms with Crippen LogP contribution in [-0.4, -0.2) is 41.5 Å². The number of aromatic nitrogens is 1. The molecule has 2 aliphatic heterocycles. The van der Waals surface area contributed by atoms with Crippen LogP contribution in [0.4, 0.5) is 0 Å². The van der Waals surface area contributed by atoms with Gasteiger partial charge < -0.3 is 10.2 Å². The van der Waals surface area contributed by atoms with Crippen molar-refractivity contribution in [1.82, 2.24) is 15.2 Å². The molecule has 2 saturated heterocycles. The molecule has 2 aliphatic rings. The first-order valence-corrected chi connectivity index (χ1v) is 6.27. The molecule has 1 aromatic rings. The molecule has 17 heavy (non-hydrogen) atoms. The third-order valence-corrected chi connectivity index (χ3v) is 3.81. The Kier molecular flexibility index (Phi) is 2.81. The Balaban J connectivity index is 1.72. The highest BCUT2D eigenvalue weighted by Crippen LogP contribution is 2.25. The first-order chi connectivity index (χ1) is 8.34. The molecule has 0 bridgehead atoms. The van der Waals surface area contributed by atoms with E-state index in [0.29, 0.717) is 12.0 Å². The summed E-state index contributed by atoms with van der Waals surface area (Å²) < 4.78 is 0. The number of carbonyl (C=O) groups is 1. The number of hydrogen-bond donors (Lipinski definition) is 1. The van der Waals surface area contributed by atoms with Gasteiger partial charge in [0.2, 0.25) is 0 Å². The molecular weight excluding hydrogens is 214 g/mol. The smallest absolute Gasteiger partial charge is 0.254 e. The van der Waals surface area contributed by atoms with Gasteiger partial charge in [0.05, 0.1) is 0 Å². The Labute approximate surface area is 101 Å². The van der Waals surface area contributed by atoms with E-state index in [0.717, 1.165) is 25.2 Å². The van der Waals surface area contributed by atoms with Gasteiger partial charge in [0.15, 0.2) is 0 Å². The topological polar surface area (TPSA) is 45.2 Å². The lowest BCUT2D eigenvalue weighted by atomic mass is 9.94. The maximum absolute atomic E-state index is 12.3. The SMILES string of the molecule is O=C(c1ccncc1)N1CC2CCCNC2C1. The molecule has 90 valence electrons. The fourth-order valence-electron chi connectivity index (χ4n) is 2.89. The molecule has 3 heterocycles. The van der Waals surface area contributed by atoms with E-state index in [1.54, 1.807) is 24.5 Å². The predicted octanol–water partition coefficient (Wildman–Crippen LogP) is 0.906. The predicted molar refractivity (Wildman–Crippen MR) is 64.7 cm³/mol. The zero-order valence-electron chi connectivity index (χ0n) is 9.80. The number of rotatable bonds is 1. The van der Waals surface area contributed by atoms with Gasteiger partial charge in [-0.1, -0.05) is 0 Å². The number of piperidine rings is 1. The van der Waals surface area contributed by atoms with Crippen LogP contribution < -0.4 is 5.32 Å². The molecular formula is C13H17N3O. The molecule has 2 atom stereocenters. The molecule has 4 nitrogen and oxygen atoms in total. The number of fused-ring (bicyclic) bond motifs is 1. The second-order valence-electron chi connectivity index (χ2n) is 4.91. The van der Waals surface area contributed by atoms with Gasteiger partial charge in [0, 0.05) is 37.1 Å². The van der Waals surface area contributed by atoms with Gasteiger partial charge in [-0.05, 0) is 37.4 Å². The van der Waals surface area contributed by atoms with Crippen LogP contribution in [0.25, 0.3) is 0 Å². The summed E-state index contributed by atoms with van der Waals surface area (Å²) >= 11 is 0. The second-order valence-corrected chi connectivity index (χ2v) is 4.91. The summed E-state index contributed by atoms with van der Waals surface area (Å²) in [5.74, 6) is 0.790. The van der Waals surface area contributed by atoms with Crippen molar-refractivity contribution in [3.8, 4) is 0 Å². The van der Waals surface area contributed by atoms with Crippen molar-refractivity contribution in [2.45, 2.75) is 18.9 Å². The summed E-state index contributed by atoms with van der Waals surface area (Å²) in [5, 5.41) is 3.51. The number of nitrogens with zero attached hydrogens (tertiary/aromatic N) is 2. The van der Waals surface area contributed by atoms with Crippen LogP contribution in [0.2, 0.25) is 0 Å². The van der Waals surface area contributed by atoms with Gasteiger partial charge in [-0.2, -0.15) is 0 Å². The highest BCUT2D eigenvalue weighted by atomic mass is 16.2. The highest BCUT2D eigenvalue weighted by molar-refractivity contribution is 5.94. The zero-order chi connectivity index (χ0) is 11.7. The van der Waals surface area contributed by atoms with Crippen molar-refractivity contribution in [1.29, 1.82) is 0 Å². The fraction of sp³-hybridized carbons (Fsp3) is 0.538. The van der Waals surface area contributed by atoms with Crippen LogP contribution in [0.5, 0.6) is 0 Å². The van der Waals surface area contributed by atoms with Crippen LogP contribution in [0.3, 0.4) is 0 Å². The number of likely N-dealkylation sites (tertiary alicyclic amines) is 1. The molecule has 3 rings (SSSR count). The van der Waals surface area contributed by atoms with E-state index in [9.17, 15) is 4.79 Å². The maximum Gasteiger partial charge on any atom is 0.254 e. The molecule has 1 N–H and O–H groups in total. The first-order valence-electron chi connectivity index (χ1n) is 6.27. The van der Waals surface area contributed by atoms with Crippen LogP contribution in [-0.2, 0) is 0 Å². The zero-order valence-corrected chi connectivity index (χ0v) is 9.80. The van der Waals surface area contributed by atoms with E-state index in [-0.39, 0.29) is 5.91 Å². The van der Waals surface area contributed by atoms with E-state index in [2.05, 4.69) is 10.3 Å². The van der Waals surface area contributed by atoms with E-state index < -0.39 is 0 Å². The van der Waals surface area contributed by atoms with Gasteiger partial charge in [-0.3, -0.25) is 9.78 Å². The minimum absolute atomic E-state index is 0.142. The summed E-state index contributed by atoms with van der Waals surface area (Å²) in [6, 6.07) is 4.09. The monoisotopic (exact) mass is 231 g/mol. The van der Waals surface area contributed by atoms with Crippen molar-refractivity contribution in [2.24, 2.45) is 5.92 Å². The Morgan fingerprint density at radius 3 is 2.94 bits per heavy atom. The molecule has 0 aliphatic carbocycles. The van der Waals surface area contributed by atoms with Gasteiger partial charge in [-0.25, -0.2) is 0 Å². The maximum atomic E-state index is 12.3. The summed E-state index contributed by atoms with van der Waals surface area (Å²) in [6.07, 6.45) is 5.83. The number of amides is 1. The standard InChI is InChI=1S/C13H17N3O/c17-13(10-3-6-14-7-4-10)16-8-11-2-1-5-15-12(11)9-16/h3-4,6-7,11-12,15H,1-2,5,8-9H2. The van der Waals surface area contributed by atoms with Crippen molar-refractivity contribution in [3.63, 3.8) is 0 Å². The minimum atomic E-state index is 0.142. The van der Waals surface area contributed by atoms with Gasteiger partial charge in [0.25, 0.3) is 5.91 Å². The van der Waals surface area contributed by atoms with E-state index in [4.69, 9.17) is 0 Å². The fourth-order valence-corrected chi connectivity index (χ4v) is 2.89. The number of carbonyl (C=O) groups excluding carboxylic acids is 1. The Hall–Kier alpha value is -1.42. The van der Waals surface area contributed by atoms with Crippen molar-refractivity contribution < 1.29 is 4.79 Å². The Bertz CT molecular complexity index is 392. The summed E-state index contributed by atoms with van der Waals surface area (Å²) in [7, 11) is 0. The summed E-state index contributed by atoms with van der Waals surface area (Å²) in [6.45, 7) is 2.85. The van der Waals surface area contributed by atoms with Crippen molar-refractivity contribution in [2.75, 3.05) is 19.6 Å². The quantitative estimate of drug-likeness (QED) is 0.781. The lowest BCUT2D eigenvalue weighted by Gasteiger charge is -2.24. The number of pyridine rings is 1. The van der Waals surface area contributed by atoms with Crippen molar-refractivity contribution in [3.05, 3.63) is 30.1 Å². The Morgan fingerprint density at radius 2 is 2.18 bits per heavy atom. The van der Waals surface area contributed by atoms with Crippen LogP contribution in [0.1, 0.15) is 23.2 Å². The molecule has 0 radical (unpaired) electrons. The van der Waals surface area contributed by atoms with Gasteiger partial charge >= 0.3 is 0 Å². The van der Waals surface area contributed by atoms with Crippen LogP contribution >= 0.6 is 0 Å². The molecule has 4 heteroatoms. The van der Waals surface area contributed by atoms with Crippen LogP contribution in [0, 0.1) is 5.92 Å². The lowest BCUT2D eigenvalue weighted by molar-refractivity contribution is 0.0785. The molecule has 1 amide bonds. The molecule has 2 fully saturated rings. The Morgan fingerprint density at radius 1 is 1.35 bits per heavy atom. The third-order valence-electron chi connectivity index (χ3n) is 3.81. The molecule has 1 aromatic heterocycles. The average Bonchev–Trinajstić information content (AvgIpc) is 2.82. The number of nitrogens with one attached hydrogen (secondary N) is 1. The van der Waals surface area contributed by atoms with Gasteiger partial charge in [0.1, 0.15) is 0 Å². The second kappa shape index (κ2) is 4.45. The van der Waals surface area contributed by atoms with E-state index in [1.165, 1.54) is 12.8 Å². The molecule has 0 aromatic carbocycles.